The van der Waals surface area contributed by atoms with Gasteiger partial charge in [-0.15, -0.1) is 0 Å². The van der Waals surface area contributed by atoms with Crippen LogP contribution in [0.15, 0.2) is 53.5 Å². The van der Waals surface area contributed by atoms with Crippen LogP contribution in [0.5, 0.6) is 0 Å². The van der Waals surface area contributed by atoms with Crippen molar-refractivity contribution in [3.05, 3.63) is 65.6 Å². The van der Waals surface area contributed by atoms with Crippen molar-refractivity contribution in [1.29, 1.82) is 0 Å². The zero-order valence-electron chi connectivity index (χ0n) is 10.9. The molecule has 3 heterocycles. The topological polar surface area (TPSA) is 73.0 Å². The van der Waals surface area contributed by atoms with Crippen molar-refractivity contribution >= 4 is 23.2 Å². The quantitative estimate of drug-likeness (QED) is 0.804. The molecule has 0 fully saturated rings. The Morgan fingerprint density at radius 2 is 2.24 bits per heavy atom. The van der Waals surface area contributed by atoms with Crippen LogP contribution in [0.2, 0.25) is 5.02 Å². The number of halogens is 1. The van der Waals surface area contributed by atoms with Crippen molar-refractivity contribution in [1.82, 2.24) is 14.8 Å². The Balaban J connectivity index is 1.68. The van der Waals surface area contributed by atoms with Gasteiger partial charge >= 0.3 is 0 Å². The standard InChI is InChI=1S/C14H11ClN4O2/c15-10-6-17-19(8-10)9-12-3-4-13(21-12)14(20)18-11-2-1-5-16-7-11/h1-8H,9H2,(H,18,20). The summed E-state index contributed by atoms with van der Waals surface area (Å²) in [6.07, 6.45) is 6.42. The van der Waals surface area contributed by atoms with Gasteiger partial charge in [0.1, 0.15) is 5.76 Å². The third-order valence-corrected chi connectivity index (χ3v) is 2.92. The predicted octanol–water partition coefficient (Wildman–Crippen LogP) is 2.83. The van der Waals surface area contributed by atoms with Crippen LogP contribution < -0.4 is 5.32 Å². The Hall–Kier alpha value is -2.60. The molecule has 1 N–H and O–H groups in total. The van der Waals surface area contributed by atoms with Gasteiger partial charge in [0.15, 0.2) is 5.76 Å². The molecule has 21 heavy (non-hydrogen) atoms. The van der Waals surface area contributed by atoms with E-state index in [-0.39, 0.29) is 11.7 Å². The summed E-state index contributed by atoms with van der Waals surface area (Å²) in [5.74, 6) is 0.519. The van der Waals surface area contributed by atoms with E-state index < -0.39 is 0 Å². The zero-order valence-corrected chi connectivity index (χ0v) is 11.6. The van der Waals surface area contributed by atoms with E-state index in [1.54, 1.807) is 53.7 Å². The Kier molecular flexibility index (Phi) is 3.70. The van der Waals surface area contributed by atoms with E-state index in [0.29, 0.717) is 23.0 Å². The van der Waals surface area contributed by atoms with Crippen LogP contribution in [-0.2, 0) is 6.54 Å². The summed E-state index contributed by atoms with van der Waals surface area (Å²) in [6, 6.07) is 6.84. The average Bonchev–Trinajstić information content (AvgIpc) is 3.10. The third-order valence-electron chi connectivity index (χ3n) is 2.72. The number of carbonyl (C=O) groups is 1. The molecular formula is C14H11ClN4O2. The van der Waals surface area contributed by atoms with Gasteiger partial charge in [-0.25, -0.2) is 0 Å². The highest BCUT2D eigenvalue weighted by molar-refractivity contribution is 6.30. The van der Waals surface area contributed by atoms with Crippen LogP contribution in [0.1, 0.15) is 16.3 Å². The molecule has 0 bridgehead atoms. The number of aromatic nitrogens is 3. The first-order valence-electron chi connectivity index (χ1n) is 6.19. The minimum atomic E-state index is -0.326. The van der Waals surface area contributed by atoms with Crippen molar-refractivity contribution in [3.8, 4) is 0 Å². The number of nitrogens with zero attached hydrogens (tertiary/aromatic N) is 3. The average molecular weight is 303 g/mol. The highest BCUT2D eigenvalue weighted by atomic mass is 35.5. The van der Waals surface area contributed by atoms with Gasteiger partial charge in [0.2, 0.25) is 0 Å². The van der Waals surface area contributed by atoms with E-state index in [2.05, 4.69) is 15.4 Å². The Morgan fingerprint density at radius 1 is 1.33 bits per heavy atom. The Labute approximate surface area is 125 Å². The fraction of sp³-hybridized carbons (Fsp3) is 0.0714. The summed E-state index contributed by atoms with van der Waals surface area (Å²) >= 11 is 5.79. The number of rotatable bonds is 4. The lowest BCUT2D eigenvalue weighted by Gasteiger charge is -2.01. The smallest absolute Gasteiger partial charge is 0.291 e. The van der Waals surface area contributed by atoms with E-state index in [9.17, 15) is 4.79 Å². The van der Waals surface area contributed by atoms with Crippen LogP contribution in [0, 0.1) is 0 Å². The van der Waals surface area contributed by atoms with Crippen LogP contribution in [-0.4, -0.2) is 20.7 Å². The predicted molar refractivity (Wildman–Crippen MR) is 77.2 cm³/mol. The molecule has 0 aliphatic carbocycles. The van der Waals surface area contributed by atoms with Crippen LogP contribution in [0.3, 0.4) is 0 Å². The molecular weight excluding hydrogens is 292 g/mol. The summed E-state index contributed by atoms with van der Waals surface area (Å²) < 4.78 is 7.12. The van der Waals surface area contributed by atoms with Crippen molar-refractivity contribution < 1.29 is 9.21 Å². The summed E-state index contributed by atoms with van der Waals surface area (Å²) in [6.45, 7) is 0.410. The number of furan rings is 1. The van der Waals surface area contributed by atoms with Crippen LogP contribution in [0.25, 0.3) is 0 Å². The molecule has 0 aromatic carbocycles. The zero-order chi connectivity index (χ0) is 14.7. The molecule has 0 unspecified atom stereocenters. The second-order valence-corrected chi connectivity index (χ2v) is 4.75. The van der Waals surface area contributed by atoms with Gasteiger partial charge in [0.25, 0.3) is 5.91 Å². The lowest BCUT2D eigenvalue weighted by Crippen LogP contribution is -2.10. The maximum Gasteiger partial charge on any atom is 0.291 e. The number of hydrogen-bond acceptors (Lipinski definition) is 4. The SMILES string of the molecule is O=C(Nc1cccnc1)c1ccc(Cn2cc(Cl)cn2)o1. The Bertz CT molecular complexity index is 751. The van der Waals surface area contributed by atoms with Crippen molar-refractivity contribution in [2.75, 3.05) is 5.32 Å². The highest BCUT2D eigenvalue weighted by Crippen LogP contribution is 2.13. The fourth-order valence-electron chi connectivity index (χ4n) is 1.80. The van der Waals surface area contributed by atoms with Gasteiger partial charge in [-0.2, -0.15) is 5.10 Å². The van der Waals surface area contributed by atoms with E-state index in [1.165, 1.54) is 0 Å². The fourth-order valence-corrected chi connectivity index (χ4v) is 1.96. The minimum Gasteiger partial charge on any atom is -0.454 e. The minimum absolute atomic E-state index is 0.229. The normalized spacial score (nSPS) is 10.5. The molecule has 0 aliphatic rings. The molecule has 0 spiro atoms. The van der Waals surface area contributed by atoms with Crippen LogP contribution >= 0.6 is 11.6 Å². The molecule has 7 heteroatoms. The number of nitrogens with one attached hydrogen (secondary N) is 1. The molecule has 0 aliphatic heterocycles. The first-order chi connectivity index (χ1) is 10.2. The number of anilines is 1. The molecule has 3 aromatic heterocycles. The second-order valence-electron chi connectivity index (χ2n) is 4.32. The lowest BCUT2D eigenvalue weighted by atomic mass is 10.3. The molecule has 0 atom stereocenters. The maximum atomic E-state index is 12.0. The van der Waals surface area contributed by atoms with Gasteiger partial charge in [0, 0.05) is 12.4 Å². The molecule has 6 nitrogen and oxygen atoms in total. The number of amides is 1. The molecule has 3 aromatic rings. The largest absolute Gasteiger partial charge is 0.454 e. The first-order valence-corrected chi connectivity index (χ1v) is 6.56. The monoisotopic (exact) mass is 302 g/mol. The van der Waals surface area contributed by atoms with Gasteiger partial charge in [-0.05, 0) is 24.3 Å². The summed E-state index contributed by atoms with van der Waals surface area (Å²) in [5.41, 5.74) is 0.610. The lowest BCUT2D eigenvalue weighted by molar-refractivity contribution is 0.0994. The van der Waals surface area contributed by atoms with Gasteiger partial charge in [0.05, 0.1) is 29.6 Å². The maximum absolute atomic E-state index is 12.0. The van der Waals surface area contributed by atoms with Crippen molar-refractivity contribution in [2.45, 2.75) is 6.54 Å². The van der Waals surface area contributed by atoms with E-state index in [1.807, 2.05) is 0 Å². The number of carbonyl (C=O) groups excluding carboxylic acids is 1. The molecule has 3 rings (SSSR count). The highest BCUT2D eigenvalue weighted by Gasteiger charge is 2.12. The molecule has 106 valence electrons. The van der Waals surface area contributed by atoms with Crippen molar-refractivity contribution in [2.24, 2.45) is 0 Å². The molecule has 1 amide bonds. The number of pyridine rings is 1. The number of hydrogen-bond donors (Lipinski definition) is 1. The summed E-state index contributed by atoms with van der Waals surface area (Å²) in [7, 11) is 0. The second kappa shape index (κ2) is 5.80. The van der Waals surface area contributed by atoms with Gasteiger partial charge < -0.3 is 9.73 Å². The molecule has 0 saturated carbocycles. The Morgan fingerprint density at radius 3 is 2.95 bits per heavy atom. The van der Waals surface area contributed by atoms with Gasteiger partial charge in [-0.3, -0.25) is 14.5 Å². The van der Waals surface area contributed by atoms with E-state index in [0.717, 1.165) is 0 Å². The summed E-state index contributed by atoms with van der Waals surface area (Å²) in [5, 5.41) is 7.30. The van der Waals surface area contributed by atoms with Crippen molar-refractivity contribution in [3.63, 3.8) is 0 Å². The molecule has 0 saturated heterocycles. The van der Waals surface area contributed by atoms with E-state index in [4.69, 9.17) is 16.0 Å². The summed E-state index contributed by atoms with van der Waals surface area (Å²) in [4.78, 5) is 15.9. The van der Waals surface area contributed by atoms with Crippen LogP contribution in [0.4, 0.5) is 5.69 Å². The van der Waals surface area contributed by atoms with Gasteiger partial charge in [-0.1, -0.05) is 11.6 Å². The van der Waals surface area contributed by atoms with E-state index >= 15 is 0 Å². The third kappa shape index (κ3) is 3.29. The molecule has 0 radical (unpaired) electrons. The first kappa shape index (κ1) is 13.4.